The Hall–Kier alpha value is -2.71. The third kappa shape index (κ3) is 5.53. The Kier molecular flexibility index (Phi) is 5.09. The number of carbonyl (C=O) groups excluding carboxylic acids is 1. The SMILES string of the molecule is Cn1cc(CNC(=O)Nc2ccccc2OCC(F)(F)F)cn1. The summed E-state index contributed by atoms with van der Waals surface area (Å²) < 4.78 is 42.9. The summed E-state index contributed by atoms with van der Waals surface area (Å²) in [6, 6.07) is 5.34. The molecule has 0 aliphatic rings. The Labute approximate surface area is 130 Å². The number of aryl methyl sites for hydroxylation is 1. The molecule has 0 aliphatic carbocycles. The van der Waals surface area contributed by atoms with Crippen molar-refractivity contribution in [1.82, 2.24) is 15.1 Å². The monoisotopic (exact) mass is 328 g/mol. The van der Waals surface area contributed by atoms with E-state index in [1.54, 1.807) is 30.2 Å². The average molecular weight is 328 g/mol. The molecule has 0 fully saturated rings. The lowest BCUT2D eigenvalue weighted by molar-refractivity contribution is -0.153. The Bertz CT molecular complexity index is 670. The van der Waals surface area contributed by atoms with Gasteiger partial charge in [0.1, 0.15) is 5.75 Å². The molecule has 1 aromatic carbocycles. The highest BCUT2D eigenvalue weighted by atomic mass is 19.4. The number of hydrogen-bond donors (Lipinski definition) is 2. The molecular weight excluding hydrogens is 313 g/mol. The second-order valence-corrected chi connectivity index (χ2v) is 4.73. The first kappa shape index (κ1) is 16.7. The second kappa shape index (κ2) is 7.03. The van der Waals surface area contributed by atoms with E-state index in [9.17, 15) is 18.0 Å². The van der Waals surface area contributed by atoms with E-state index >= 15 is 0 Å². The normalized spacial score (nSPS) is 11.1. The van der Waals surface area contributed by atoms with E-state index in [0.717, 1.165) is 5.56 Å². The highest BCUT2D eigenvalue weighted by molar-refractivity contribution is 5.90. The van der Waals surface area contributed by atoms with Gasteiger partial charge in [0.25, 0.3) is 0 Å². The molecule has 0 aliphatic heterocycles. The van der Waals surface area contributed by atoms with Gasteiger partial charge in [-0.1, -0.05) is 12.1 Å². The minimum atomic E-state index is -4.45. The number of amides is 2. The van der Waals surface area contributed by atoms with Gasteiger partial charge in [0, 0.05) is 25.4 Å². The van der Waals surface area contributed by atoms with E-state index in [1.165, 1.54) is 18.2 Å². The van der Waals surface area contributed by atoms with Crippen LogP contribution in [-0.4, -0.2) is 28.6 Å². The number of aromatic nitrogens is 2. The van der Waals surface area contributed by atoms with Crippen LogP contribution >= 0.6 is 0 Å². The number of anilines is 1. The van der Waals surface area contributed by atoms with Gasteiger partial charge in [0.2, 0.25) is 0 Å². The molecule has 124 valence electrons. The molecule has 2 N–H and O–H groups in total. The maximum absolute atomic E-state index is 12.2. The summed E-state index contributed by atoms with van der Waals surface area (Å²) in [6.45, 7) is -1.19. The molecule has 2 amide bonds. The summed E-state index contributed by atoms with van der Waals surface area (Å²) in [5.74, 6) is -0.0543. The van der Waals surface area contributed by atoms with Gasteiger partial charge in [-0.3, -0.25) is 4.68 Å². The molecule has 2 rings (SSSR count). The van der Waals surface area contributed by atoms with Crippen LogP contribution in [0.4, 0.5) is 23.7 Å². The average Bonchev–Trinajstić information content (AvgIpc) is 2.89. The van der Waals surface area contributed by atoms with Crippen LogP contribution in [0.15, 0.2) is 36.7 Å². The largest absolute Gasteiger partial charge is 0.482 e. The molecule has 6 nitrogen and oxygen atoms in total. The molecule has 2 aromatic rings. The van der Waals surface area contributed by atoms with Gasteiger partial charge in [0.15, 0.2) is 6.61 Å². The van der Waals surface area contributed by atoms with Gasteiger partial charge in [0.05, 0.1) is 11.9 Å². The van der Waals surface area contributed by atoms with Gasteiger partial charge in [-0.15, -0.1) is 0 Å². The highest BCUT2D eigenvalue weighted by Gasteiger charge is 2.28. The molecule has 23 heavy (non-hydrogen) atoms. The Morgan fingerprint density at radius 1 is 1.35 bits per heavy atom. The summed E-state index contributed by atoms with van der Waals surface area (Å²) in [7, 11) is 1.75. The molecule has 0 saturated heterocycles. The van der Waals surface area contributed by atoms with Gasteiger partial charge >= 0.3 is 12.2 Å². The molecule has 0 atom stereocenters. The van der Waals surface area contributed by atoms with E-state index in [1.807, 2.05) is 0 Å². The van der Waals surface area contributed by atoms with Crippen molar-refractivity contribution < 1.29 is 22.7 Å². The van der Waals surface area contributed by atoms with Crippen molar-refractivity contribution >= 4 is 11.7 Å². The van der Waals surface area contributed by atoms with Crippen molar-refractivity contribution in [1.29, 1.82) is 0 Å². The molecule has 9 heteroatoms. The first-order valence-corrected chi connectivity index (χ1v) is 6.64. The maximum atomic E-state index is 12.2. The van der Waals surface area contributed by atoms with Crippen molar-refractivity contribution in [3.05, 3.63) is 42.2 Å². The number of rotatable bonds is 5. The summed E-state index contributed by atoms with van der Waals surface area (Å²) in [5.41, 5.74) is 0.949. The lowest BCUT2D eigenvalue weighted by atomic mass is 10.3. The predicted octanol–water partition coefficient (Wildman–Crippen LogP) is 2.68. The fourth-order valence-electron chi connectivity index (χ4n) is 1.77. The quantitative estimate of drug-likeness (QED) is 0.887. The van der Waals surface area contributed by atoms with E-state index in [0.29, 0.717) is 0 Å². The minimum Gasteiger partial charge on any atom is -0.482 e. The number of hydrogen-bond acceptors (Lipinski definition) is 3. The van der Waals surface area contributed by atoms with E-state index < -0.39 is 18.8 Å². The number of nitrogens with zero attached hydrogens (tertiary/aromatic N) is 2. The van der Waals surface area contributed by atoms with Crippen LogP contribution in [0.3, 0.4) is 0 Å². The standard InChI is InChI=1S/C14H15F3N4O2/c1-21-8-10(7-19-21)6-18-13(22)20-11-4-2-3-5-12(11)23-9-14(15,16)17/h2-5,7-8H,6,9H2,1H3,(H2,18,20,22). The van der Waals surface area contributed by atoms with Crippen molar-refractivity contribution in [2.24, 2.45) is 7.05 Å². The van der Waals surface area contributed by atoms with Crippen molar-refractivity contribution in [2.75, 3.05) is 11.9 Å². The fourth-order valence-corrected chi connectivity index (χ4v) is 1.77. The maximum Gasteiger partial charge on any atom is 0.422 e. The molecule has 0 bridgehead atoms. The molecule has 1 aromatic heterocycles. The molecule has 0 spiro atoms. The van der Waals surface area contributed by atoms with Crippen LogP contribution in [0.5, 0.6) is 5.75 Å². The summed E-state index contributed by atoms with van der Waals surface area (Å²) in [5, 5.41) is 8.99. The van der Waals surface area contributed by atoms with Crippen LogP contribution in [-0.2, 0) is 13.6 Å². The second-order valence-electron chi connectivity index (χ2n) is 4.73. The van der Waals surface area contributed by atoms with E-state index in [4.69, 9.17) is 0 Å². The van der Waals surface area contributed by atoms with Crippen LogP contribution < -0.4 is 15.4 Å². The van der Waals surface area contributed by atoms with Crippen LogP contribution in [0.2, 0.25) is 0 Å². The first-order chi connectivity index (χ1) is 10.8. The molecule has 0 unspecified atom stereocenters. The lowest BCUT2D eigenvalue weighted by Crippen LogP contribution is -2.28. The van der Waals surface area contributed by atoms with Crippen molar-refractivity contribution in [3.8, 4) is 5.75 Å². The molecule has 1 heterocycles. The van der Waals surface area contributed by atoms with E-state index in [-0.39, 0.29) is 18.0 Å². The number of benzene rings is 1. The number of carbonyl (C=O) groups is 1. The summed E-state index contributed by atoms with van der Waals surface area (Å²) in [6.07, 6.45) is -1.11. The zero-order chi connectivity index (χ0) is 16.9. The van der Waals surface area contributed by atoms with Crippen LogP contribution in [0, 0.1) is 0 Å². The molecular formula is C14H15F3N4O2. The fraction of sp³-hybridized carbons (Fsp3) is 0.286. The number of alkyl halides is 3. The topological polar surface area (TPSA) is 68.2 Å². The number of urea groups is 1. The number of nitrogens with one attached hydrogen (secondary N) is 2. The molecule has 0 saturated carbocycles. The number of halogens is 3. The predicted molar refractivity (Wildman–Crippen MR) is 77.1 cm³/mol. The number of ether oxygens (including phenoxy) is 1. The zero-order valence-corrected chi connectivity index (χ0v) is 12.2. The smallest absolute Gasteiger partial charge is 0.422 e. The Balaban J connectivity index is 1.92. The first-order valence-electron chi connectivity index (χ1n) is 6.64. The molecule has 0 radical (unpaired) electrons. The van der Waals surface area contributed by atoms with Gasteiger partial charge < -0.3 is 15.4 Å². The van der Waals surface area contributed by atoms with E-state index in [2.05, 4.69) is 20.5 Å². The Morgan fingerprint density at radius 3 is 2.74 bits per heavy atom. The zero-order valence-electron chi connectivity index (χ0n) is 12.2. The lowest BCUT2D eigenvalue weighted by Gasteiger charge is -2.14. The highest BCUT2D eigenvalue weighted by Crippen LogP contribution is 2.26. The minimum absolute atomic E-state index is 0.0543. The van der Waals surface area contributed by atoms with Crippen molar-refractivity contribution in [2.45, 2.75) is 12.7 Å². The van der Waals surface area contributed by atoms with Crippen LogP contribution in [0.25, 0.3) is 0 Å². The number of para-hydroxylation sites is 2. The van der Waals surface area contributed by atoms with Gasteiger partial charge in [-0.2, -0.15) is 18.3 Å². The van der Waals surface area contributed by atoms with Crippen molar-refractivity contribution in [3.63, 3.8) is 0 Å². The third-order valence-corrected chi connectivity index (χ3v) is 2.74. The van der Waals surface area contributed by atoms with Crippen LogP contribution in [0.1, 0.15) is 5.56 Å². The summed E-state index contributed by atoms with van der Waals surface area (Å²) >= 11 is 0. The summed E-state index contributed by atoms with van der Waals surface area (Å²) in [4.78, 5) is 11.8. The third-order valence-electron chi connectivity index (χ3n) is 2.74. The Morgan fingerprint density at radius 2 is 2.09 bits per heavy atom. The van der Waals surface area contributed by atoms with Gasteiger partial charge in [-0.05, 0) is 12.1 Å². The van der Waals surface area contributed by atoms with Gasteiger partial charge in [-0.25, -0.2) is 4.79 Å².